The molecule has 27 heavy (non-hydrogen) atoms. The lowest BCUT2D eigenvalue weighted by Crippen LogP contribution is -2.02. The molecule has 0 saturated carbocycles. The zero-order valence-electron chi connectivity index (χ0n) is 15.6. The average Bonchev–Trinajstić information content (AvgIpc) is 2.85. The van der Waals surface area contributed by atoms with E-state index in [0.29, 0.717) is 0 Å². The van der Waals surface area contributed by atoms with Gasteiger partial charge in [0.15, 0.2) is 0 Å². The van der Waals surface area contributed by atoms with Crippen molar-refractivity contribution in [3.05, 3.63) is 72.3 Å². The van der Waals surface area contributed by atoms with Crippen molar-refractivity contribution in [2.45, 2.75) is 6.92 Å². The number of hydrogen-bond acceptors (Lipinski definition) is 3. The predicted molar refractivity (Wildman–Crippen MR) is 116 cm³/mol. The van der Waals surface area contributed by atoms with Gasteiger partial charge in [-0.1, -0.05) is 60.2 Å². The molecule has 134 valence electrons. The van der Waals surface area contributed by atoms with Crippen molar-refractivity contribution < 1.29 is 8.39 Å². The van der Waals surface area contributed by atoms with Crippen LogP contribution in [0.3, 0.4) is 0 Å². The molecular formula is C23H20NO2P. The van der Waals surface area contributed by atoms with E-state index in [0.717, 1.165) is 21.9 Å². The zero-order valence-corrected chi connectivity index (χ0v) is 16.5. The fraction of sp³-hybridized carbons (Fsp3) is 0.130. The molecular weight excluding hydrogens is 353 g/mol. The SMILES string of the molecule is Cc1ccc2c(ccc3op(N(C)C)oc4ccc5ccccc5c4c32)c1. The van der Waals surface area contributed by atoms with E-state index in [2.05, 4.69) is 73.7 Å². The Hall–Kier alpha value is -2.74. The summed E-state index contributed by atoms with van der Waals surface area (Å²) < 4.78 is 14.7. The molecule has 4 heteroatoms. The molecule has 0 saturated heterocycles. The summed E-state index contributed by atoms with van der Waals surface area (Å²) in [6.07, 6.45) is 0. The highest BCUT2D eigenvalue weighted by Crippen LogP contribution is 2.41. The number of benzene rings is 4. The zero-order chi connectivity index (χ0) is 18.5. The summed E-state index contributed by atoms with van der Waals surface area (Å²) in [4.78, 5) is 0. The van der Waals surface area contributed by atoms with E-state index in [1.165, 1.54) is 27.1 Å². The van der Waals surface area contributed by atoms with Crippen molar-refractivity contribution in [2.75, 3.05) is 18.8 Å². The maximum Gasteiger partial charge on any atom is 0.309 e. The Labute approximate surface area is 158 Å². The van der Waals surface area contributed by atoms with E-state index < -0.39 is 8.16 Å². The second kappa shape index (κ2) is 6.16. The molecule has 0 aliphatic heterocycles. The quantitative estimate of drug-likeness (QED) is 0.314. The smallest absolute Gasteiger partial charge is 0.309 e. The second-order valence-electron chi connectivity index (χ2n) is 7.09. The summed E-state index contributed by atoms with van der Waals surface area (Å²) in [7, 11) is 2.76. The van der Waals surface area contributed by atoms with Crippen molar-refractivity contribution in [1.82, 2.24) is 0 Å². The Kier molecular flexibility index (Phi) is 3.75. The summed E-state index contributed by atoms with van der Waals surface area (Å²) in [5.74, 6) is 0. The van der Waals surface area contributed by atoms with Gasteiger partial charge in [-0.15, -0.1) is 0 Å². The number of nitrogens with zero attached hydrogens (tertiary/aromatic N) is 1. The number of rotatable bonds is 1. The van der Waals surface area contributed by atoms with Crippen molar-refractivity contribution >= 4 is 51.6 Å². The minimum Gasteiger partial charge on any atom is -0.408 e. The van der Waals surface area contributed by atoms with Crippen LogP contribution in [0.1, 0.15) is 5.56 Å². The van der Waals surface area contributed by atoms with Crippen LogP contribution >= 0.6 is 8.16 Å². The van der Waals surface area contributed by atoms with Crippen LogP contribution < -0.4 is 4.67 Å². The van der Waals surface area contributed by atoms with Gasteiger partial charge in [0.25, 0.3) is 0 Å². The number of aryl methyl sites for hydroxylation is 1. The van der Waals surface area contributed by atoms with Crippen LogP contribution in [0.2, 0.25) is 0 Å². The van der Waals surface area contributed by atoms with Gasteiger partial charge in [-0.05, 0) is 40.6 Å². The van der Waals surface area contributed by atoms with Gasteiger partial charge in [-0.3, -0.25) is 0 Å². The van der Waals surface area contributed by atoms with Crippen molar-refractivity contribution in [1.29, 1.82) is 0 Å². The minimum absolute atomic E-state index is 0.875. The monoisotopic (exact) mass is 373 g/mol. The average molecular weight is 373 g/mol. The lowest BCUT2D eigenvalue weighted by molar-refractivity contribution is 0.635. The van der Waals surface area contributed by atoms with E-state index in [9.17, 15) is 0 Å². The van der Waals surface area contributed by atoms with Gasteiger partial charge in [0.05, 0.1) is 0 Å². The molecule has 5 rings (SSSR count). The molecule has 3 nitrogen and oxygen atoms in total. The van der Waals surface area contributed by atoms with Gasteiger partial charge < -0.3 is 8.39 Å². The summed E-state index contributed by atoms with van der Waals surface area (Å²) >= 11 is 0. The minimum atomic E-state index is -1.21. The van der Waals surface area contributed by atoms with E-state index in [1.807, 2.05) is 18.8 Å². The fourth-order valence-electron chi connectivity index (χ4n) is 3.70. The Balaban J connectivity index is 2.16. The Morgan fingerprint density at radius 1 is 0.704 bits per heavy atom. The topological polar surface area (TPSA) is 29.5 Å². The third-order valence-corrected chi connectivity index (χ3v) is 6.32. The van der Waals surface area contributed by atoms with Crippen molar-refractivity contribution in [3.8, 4) is 0 Å². The highest BCUT2D eigenvalue weighted by Gasteiger charge is 2.13. The van der Waals surface area contributed by atoms with Crippen LogP contribution in [-0.4, -0.2) is 14.1 Å². The highest BCUT2D eigenvalue weighted by molar-refractivity contribution is 7.38. The molecule has 5 aromatic rings. The summed E-state index contributed by atoms with van der Waals surface area (Å²) in [5.41, 5.74) is 3.00. The third kappa shape index (κ3) is 2.63. The third-order valence-electron chi connectivity index (χ3n) is 4.96. The largest absolute Gasteiger partial charge is 0.408 e. The summed E-state index contributed by atoms with van der Waals surface area (Å²) in [6.45, 7) is 2.12. The van der Waals surface area contributed by atoms with Crippen molar-refractivity contribution in [3.63, 3.8) is 0 Å². The molecule has 0 spiro atoms. The van der Waals surface area contributed by atoms with Gasteiger partial charge in [0, 0.05) is 24.9 Å². The van der Waals surface area contributed by atoms with Crippen LogP contribution in [0.15, 0.2) is 75.1 Å². The first kappa shape index (κ1) is 16.4. The molecule has 0 aliphatic carbocycles. The molecule has 1 unspecified atom stereocenters. The predicted octanol–water partition coefficient (Wildman–Crippen LogP) is 7.10. The van der Waals surface area contributed by atoms with Gasteiger partial charge in [-0.2, -0.15) is 0 Å². The first-order valence-electron chi connectivity index (χ1n) is 9.00. The van der Waals surface area contributed by atoms with E-state index in [-0.39, 0.29) is 0 Å². The molecule has 1 aromatic heterocycles. The molecule has 0 aliphatic rings. The van der Waals surface area contributed by atoms with Crippen LogP contribution in [0.5, 0.6) is 0 Å². The number of fused-ring (bicyclic) bond motifs is 7. The van der Waals surface area contributed by atoms with Gasteiger partial charge in [0.2, 0.25) is 0 Å². The highest BCUT2D eigenvalue weighted by atomic mass is 31.1. The molecule has 1 heterocycles. The fourth-order valence-corrected chi connectivity index (χ4v) is 4.70. The molecule has 0 N–H and O–H groups in total. The maximum absolute atomic E-state index is 6.36. The van der Waals surface area contributed by atoms with E-state index in [4.69, 9.17) is 8.39 Å². The molecule has 0 radical (unpaired) electrons. The van der Waals surface area contributed by atoms with E-state index >= 15 is 0 Å². The van der Waals surface area contributed by atoms with Crippen LogP contribution in [-0.2, 0) is 0 Å². The lowest BCUT2D eigenvalue weighted by atomic mass is 9.98. The molecule has 1 atom stereocenters. The van der Waals surface area contributed by atoms with E-state index in [1.54, 1.807) is 0 Å². The standard InChI is InChI=1S/C23H20NO2P/c1-15-8-11-19-17(14-15)10-13-21-23(19)22-18-7-5-4-6-16(18)9-12-20(22)25-27(26-21)24(2)3/h4-14H,1-3H3. The van der Waals surface area contributed by atoms with Crippen LogP contribution in [0.4, 0.5) is 0 Å². The molecule has 4 aromatic carbocycles. The Morgan fingerprint density at radius 3 is 2.04 bits per heavy atom. The van der Waals surface area contributed by atoms with Gasteiger partial charge in [-0.25, -0.2) is 4.67 Å². The van der Waals surface area contributed by atoms with Crippen LogP contribution in [0, 0.1) is 6.92 Å². The molecule has 0 fully saturated rings. The Morgan fingerprint density at radius 2 is 1.33 bits per heavy atom. The summed E-state index contributed by atoms with van der Waals surface area (Å²) in [5, 5.41) is 7.02. The van der Waals surface area contributed by atoms with Gasteiger partial charge in [0.1, 0.15) is 11.2 Å². The second-order valence-corrected chi connectivity index (χ2v) is 8.73. The van der Waals surface area contributed by atoms with Crippen molar-refractivity contribution in [2.24, 2.45) is 0 Å². The van der Waals surface area contributed by atoms with Crippen LogP contribution in [0.25, 0.3) is 43.5 Å². The first-order chi connectivity index (χ1) is 13.1. The van der Waals surface area contributed by atoms with Gasteiger partial charge >= 0.3 is 8.16 Å². The lowest BCUT2D eigenvalue weighted by Gasteiger charge is -2.06. The maximum atomic E-state index is 6.36. The first-order valence-corrected chi connectivity index (χ1v) is 10.1. The molecule has 0 bridgehead atoms. The normalized spacial score (nSPS) is 12.5. The molecule has 0 amide bonds. The number of hydrogen-bond donors (Lipinski definition) is 0. The summed E-state index contributed by atoms with van der Waals surface area (Å²) in [6, 6.07) is 23.5. The Bertz CT molecular complexity index is 1370.